The van der Waals surface area contributed by atoms with Crippen LogP contribution in [0.1, 0.15) is 19.4 Å². The summed E-state index contributed by atoms with van der Waals surface area (Å²) in [7, 11) is 1.64. The zero-order valence-electron chi connectivity index (χ0n) is 14.0. The number of carboxylic acids is 1. The van der Waals surface area contributed by atoms with Crippen molar-refractivity contribution in [2.45, 2.75) is 13.8 Å². The van der Waals surface area contributed by atoms with Gasteiger partial charge in [0.05, 0.1) is 17.7 Å². The summed E-state index contributed by atoms with van der Waals surface area (Å²) < 4.78 is 19.1. The number of benzene rings is 1. The molecular weight excluding hydrogens is 313 g/mol. The smallest absolute Gasteiger partial charge is 0.311 e. The van der Waals surface area contributed by atoms with Gasteiger partial charge in [-0.1, -0.05) is 6.07 Å². The van der Waals surface area contributed by atoms with E-state index in [4.69, 9.17) is 9.84 Å². The SMILES string of the molecule is C=N/C=C(\C=N/COCC(C)(C)C(=O)O)c1ccc(NC)c(F)c1. The number of allylic oxidation sites excluding steroid dienone is 1. The number of aliphatic carboxylic acids is 1. The van der Waals surface area contributed by atoms with E-state index >= 15 is 0 Å². The fraction of sp³-hybridized carbons (Fsp3) is 0.353. The predicted molar refractivity (Wildman–Crippen MR) is 94.2 cm³/mol. The van der Waals surface area contributed by atoms with Crippen LogP contribution in [-0.2, 0) is 9.53 Å². The minimum absolute atomic E-state index is 0.0116. The fourth-order valence-electron chi connectivity index (χ4n) is 1.73. The Morgan fingerprint density at radius 1 is 1.50 bits per heavy atom. The van der Waals surface area contributed by atoms with Crippen molar-refractivity contribution in [3.8, 4) is 0 Å². The maximum absolute atomic E-state index is 13.8. The zero-order chi connectivity index (χ0) is 18.2. The van der Waals surface area contributed by atoms with Crippen LogP contribution < -0.4 is 5.32 Å². The molecule has 0 saturated heterocycles. The molecule has 1 aromatic rings. The first-order chi connectivity index (χ1) is 11.3. The molecular formula is C17H22FN3O3. The highest BCUT2D eigenvalue weighted by molar-refractivity contribution is 6.09. The Labute approximate surface area is 140 Å². The molecule has 0 aliphatic heterocycles. The highest BCUT2D eigenvalue weighted by Crippen LogP contribution is 2.20. The van der Waals surface area contributed by atoms with Crippen molar-refractivity contribution in [3.63, 3.8) is 0 Å². The molecule has 0 saturated carbocycles. The molecule has 6 nitrogen and oxygen atoms in total. The molecule has 2 N–H and O–H groups in total. The molecule has 1 rings (SSSR count). The van der Waals surface area contributed by atoms with Gasteiger partial charge in [0.15, 0.2) is 0 Å². The minimum atomic E-state index is -0.983. The number of anilines is 1. The Bertz CT molecular complexity index is 654. The van der Waals surface area contributed by atoms with Crippen LogP contribution in [0.3, 0.4) is 0 Å². The summed E-state index contributed by atoms with van der Waals surface area (Å²) in [6.45, 7) is 6.54. The highest BCUT2D eigenvalue weighted by Gasteiger charge is 2.27. The second-order valence-corrected chi connectivity index (χ2v) is 5.69. The number of halogens is 1. The summed E-state index contributed by atoms with van der Waals surface area (Å²) >= 11 is 0. The normalized spacial score (nSPS) is 12.4. The summed E-state index contributed by atoms with van der Waals surface area (Å²) in [5.74, 6) is -1.33. The van der Waals surface area contributed by atoms with Crippen molar-refractivity contribution in [1.29, 1.82) is 0 Å². The van der Waals surface area contributed by atoms with Crippen molar-refractivity contribution in [1.82, 2.24) is 0 Å². The van der Waals surface area contributed by atoms with Crippen LogP contribution >= 0.6 is 0 Å². The number of nitrogens with zero attached hydrogens (tertiary/aromatic N) is 2. The lowest BCUT2D eigenvalue weighted by molar-refractivity contribution is -0.150. The molecule has 130 valence electrons. The van der Waals surface area contributed by atoms with Crippen molar-refractivity contribution in [2.24, 2.45) is 15.4 Å². The second kappa shape index (κ2) is 8.93. The third-order valence-corrected chi connectivity index (χ3v) is 3.24. The van der Waals surface area contributed by atoms with Gasteiger partial charge in [0.1, 0.15) is 12.5 Å². The third kappa shape index (κ3) is 5.58. The Hall–Kier alpha value is -2.54. The molecule has 0 amide bonds. The summed E-state index contributed by atoms with van der Waals surface area (Å²) in [4.78, 5) is 18.7. The molecule has 0 spiro atoms. The molecule has 0 unspecified atom stereocenters. The van der Waals surface area contributed by atoms with E-state index in [-0.39, 0.29) is 13.3 Å². The number of carbonyl (C=O) groups is 1. The number of hydrogen-bond acceptors (Lipinski definition) is 5. The van der Waals surface area contributed by atoms with Crippen LogP contribution in [0.4, 0.5) is 10.1 Å². The van der Waals surface area contributed by atoms with Crippen LogP contribution in [0.25, 0.3) is 5.57 Å². The Kier molecular flexibility index (Phi) is 7.26. The van der Waals surface area contributed by atoms with E-state index in [1.807, 2.05) is 0 Å². The van der Waals surface area contributed by atoms with E-state index in [0.29, 0.717) is 16.8 Å². The number of rotatable bonds is 9. The highest BCUT2D eigenvalue weighted by atomic mass is 19.1. The van der Waals surface area contributed by atoms with Gasteiger partial charge in [0, 0.05) is 25.0 Å². The summed E-state index contributed by atoms with van der Waals surface area (Å²) in [5, 5.41) is 11.7. The molecule has 1 aromatic carbocycles. The van der Waals surface area contributed by atoms with Crippen LogP contribution in [0, 0.1) is 11.2 Å². The van der Waals surface area contributed by atoms with E-state index in [2.05, 4.69) is 22.0 Å². The Morgan fingerprint density at radius 2 is 2.21 bits per heavy atom. The molecule has 0 aliphatic rings. The maximum atomic E-state index is 13.8. The van der Waals surface area contributed by atoms with Gasteiger partial charge in [-0.25, -0.2) is 4.39 Å². The third-order valence-electron chi connectivity index (χ3n) is 3.24. The van der Waals surface area contributed by atoms with Gasteiger partial charge in [-0.3, -0.25) is 14.8 Å². The lowest BCUT2D eigenvalue weighted by atomic mass is 9.95. The van der Waals surface area contributed by atoms with Crippen molar-refractivity contribution in [3.05, 3.63) is 35.8 Å². The number of ether oxygens (including phenoxy) is 1. The number of aliphatic imine (C=N–C) groups is 2. The average Bonchev–Trinajstić information content (AvgIpc) is 2.53. The molecule has 0 heterocycles. The van der Waals surface area contributed by atoms with E-state index in [1.54, 1.807) is 33.0 Å². The van der Waals surface area contributed by atoms with Gasteiger partial charge in [0.2, 0.25) is 0 Å². The number of hydrogen-bond donors (Lipinski definition) is 2. The van der Waals surface area contributed by atoms with E-state index < -0.39 is 17.2 Å². The van der Waals surface area contributed by atoms with E-state index in [0.717, 1.165) is 0 Å². The Balaban J connectivity index is 2.74. The lowest BCUT2D eigenvalue weighted by Gasteiger charge is -2.17. The zero-order valence-corrected chi connectivity index (χ0v) is 14.0. The maximum Gasteiger partial charge on any atom is 0.311 e. The first-order valence-electron chi connectivity index (χ1n) is 7.26. The number of nitrogens with one attached hydrogen (secondary N) is 1. The molecule has 0 radical (unpaired) electrons. The quantitative estimate of drug-likeness (QED) is 0.537. The topological polar surface area (TPSA) is 83.3 Å². The van der Waals surface area contributed by atoms with Gasteiger partial charge >= 0.3 is 5.97 Å². The predicted octanol–water partition coefficient (Wildman–Crippen LogP) is 3.06. The molecule has 0 aromatic heterocycles. The van der Waals surface area contributed by atoms with E-state index in [1.165, 1.54) is 18.5 Å². The largest absolute Gasteiger partial charge is 0.481 e. The molecule has 7 heteroatoms. The standard InChI is InChI=1S/C17H22FN3O3/c1-17(2,16(22)23)10-24-11-21-9-13(8-19-3)12-5-6-15(20-4)14(18)7-12/h5-9,20H,3,10-11H2,1-2,4H3,(H,22,23)/b13-8+,21-9-. The number of carboxylic acid groups (broad SMARTS) is 1. The van der Waals surface area contributed by atoms with E-state index in [9.17, 15) is 9.18 Å². The first kappa shape index (κ1) is 19.5. The van der Waals surface area contributed by atoms with Crippen molar-refractivity contribution >= 4 is 30.2 Å². The first-order valence-corrected chi connectivity index (χ1v) is 7.26. The van der Waals surface area contributed by atoms with Crippen molar-refractivity contribution < 1.29 is 19.0 Å². The molecule has 0 bridgehead atoms. The fourth-order valence-corrected chi connectivity index (χ4v) is 1.73. The summed E-state index contributed by atoms with van der Waals surface area (Å²) in [5.41, 5.74) is 0.560. The van der Waals surface area contributed by atoms with Crippen LogP contribution in [0.5, 0.6) is 0 Å². The monoisotopic (exact) mass is 335 g/mol. The van der Waals surface area contributed by atoms with Gasteiger partial charge < -0.3 is 15.2 Å². The Morgan fingerprint density at radius 3 is 2.75 bits per heavy atom. The molecule has 0 fully saturated rings. The molecule has 0 aliphatic carbocycles. The minimum Gasteiger partial charge on any atom is -0.481 e. The van der Waals surface area contributed by atoms with Gasteiger partial charge in [0.25, 0.3) is 0 Å². The molecule has 24 heavy (non-hydrogen) atoms. The van der Waals surface area contributed by atoms with Gasteiger partial charge in [-0.2, -0.15) is 0 Å². The lowest BCUT2D eigenvalue weighted by Crippen LogP contribution is -2.29. The van der Waals surface area contributed by atoms with Crippen LogP contribution in [0.2, 0.25) is 0 Å². The van der Waals surface area contributed by atoms with Gasteiger partial charge in [-0.15, -0.1) is 0 Å². The average molecular weight is 335 g/mol. The molecule has 0 atom stereocenters. The van der Waals surface area contributed by atoms with Gasteiger partial charge in [-0.05, 0) is 38.3 Å². The second-order valence-electron chi connectivity index (χ2n) is 5.69. The summed E-state index contributed by atoms with van der Waals surface area (Å²) in [6.07, 6.45) is 2.94. The van der Waals surface area contributed by atoms with Crippen LogP contribution in [-0.4, -0.2) is 44.4 Å². The van der Waals surface area contributed by atoms with Crippen LogP contribution in [0.15, 0.2) is 34.4 Å². The summed E-state index contributed by atoms with van der Waals surface area (Å²) in [6, 6.07) is 4.71. The van der Waals surface area contributed by atoms with Crippen molar-refractivity contribution in [2.75, 3.05) is 25.7 Å².